The second-order valence-electron chi connectivity index (χ2n) is 23.6. The molecule has 70 heavy (non-hydrogen) atoms. The number of allylic oxidation sites excluding steroid dienone is 1. The van der Waals surface area contributed by atoms with Crippen LogP contribution in [0.25, 0.3) is 0 Å². The Balaban J connectivity index is 0.920. The molecule has 30 atom stereocenters. The topological polar surface area (TPSA) is 297 Å². The van der Waals surface area contributed by atoms with Crippen molar-refractivity contribution >= 4 is 0 Å². The van der Waals surface area contributed by atoms with Gasteiger partial charge in [0, 0.05) is 12.5 Å². The zero-order chi connectivity index (χ0) is 49.9. The van der Waals surface area contributed by atoms with Crippen molar-refractivity contribution in [2.24, 2.45) is 46.3 Å². The highest BCUT2D eigenvalue weighted by atomic mass is 16.8. The maximum atomic E-state index is 11.3. The molecule has 0 amide bonds. The molecular weight excluding hydrogens is 919 g/mol. The van der Waals surface area contributed by atoms with Crippen LogP contribution in [-0.2, 0) is 42.6 Å². The molecule has 3 saturated carbocycles. The van der Waals surface area contributed by atoms with E-state index in [4.69, 9.17) is 42.6 Å². The molecule has 4 aliphatic carbocycles. The molecule has 0 aromatic heterocycles. The van der Waals surface area contributed by atoms with Gasteiger partial charge in [-0.2, -0.15) is 0 Å². The molecule has 11 N–H and O–H groups in total. The Kier molecular flexibility index (Phi) is 14.8. The smallest absolute Gasteiger partial charge is 0.187 e. The first kappa shape index (κ1) is 52.4. The van der Waals surface area contributed by atoms with E-state index >= 15 is 0 Å². The van der Waals surface area contributed by atoms with Gasteiger partial charge in [0.15, 0.2) is 25.2 Å². The molecular formula is C50H81NO19. The molecule has 20 heteroatoms. The first-order valence-corrected chi connectivity index (χ1v) is 26.2. The SMILES string of the molecule is C[C@@H]1CC[C@@]2(NC1)O[C@H]1C[C@H]3[C@@H]4CC=C5C[C@@H](O[C@@H]6O[C@H](CO)[C@@H](O[C@@H]7O[C@@H](C)[C@H](O)[C@@H](O)[C@H]7O)[C@H](O[C@@H]7OC[C@@H](O)[C@H](O)[C@H]7O)[C@H]6O[C@@H]6O[C@@H](C)[C@H](O)[C@@H](O)[C@H]6O)CC[C@]5(C)[C@H]4CC[C@]3(C)[C@H]1[C@@H]2C. The number of fused-ring (bicyclic) bond motifs is 7. The Bertz CT molecular complexity index is 1860. The summed E-state index contributed by atoms with van der Waals surface area (Å²) in [5, 5.41) is 112. The van der Waals surface area contributed by atoms with Crippen LogP contribution in [0.15, 0.2) is 11.6 Å². The van der Waals surface area contributed by atoms with Crippen molar-refractivity contribution in [2.75, 3.05) is 19.8 Å². The van der Waals surface area contributed by atoms with E-state index in [1.165, 1.54) is 25.8 Å². The minimum Gasteiger partial charge on any atom is -0.394 e. The summed E-state index contributed by atoms with van der Waals surface area (Å²) in [6.07, 6.45) is -18.7. The van der Waals surface area contributed by atoms with Crippen LogP contribution < -0.4 is 5.32 Å². The van der Waals surface area contributed by atoms with E-state index in [-0.39, 0.29) is 22.7 Å². The molecule has 10 aliphatic rings. The van der Waals surface area contributed by atoms with Gasteiger partial charge in [0.05, 0.1) is 37.6 Å². The number of nitrogens with one attached hydrogen (secondary N) is 1. The van der Waals surface area contributed by atoms with Crippen LogP contribution in [-0.4, -0.2) is 205 Å². The minimum absolute atomic E-state index is 0.0821. The molecule has 0 aromatic carbocycles. The second-order valence-corrected chi connectivity index (χ2v) is 23.6. The molecule has 1 spiro atoms. The Morgan fingerprint density at radius 1 is 0.657 bits per heavy atom. The highest BCUT2D eigenvalue weighted by Gasteiger charge is 2.68. The minimum atomic E-state index is -1.83. The average Bonchev–Trinajstić information content (AvgIpc) is 3.79. The van der Waals surface area contributed by atoms with Crippen molar-refractivity contribution in [3.05, 3.63) is 11.6 Å². The number of ether oxygens (including phenoxy) is 9. The third-order valence-corrected chi connectivity index (χ3v) is 19.6. The van der Waals surface area contributed by atoms with E-state index in [0.29, 0.717) is 48.3 Å². The van der Waals surface area contributed by atoms with E-state index in [1.54, 1.807) is 0 Å². The fourth-order valence-corrected chi connectivity index (χ4v) is 15.3. The van der Waals surface area contributed by atoms with Gasteiger partial charge in [-0.05, 0) is 112 Å². The van der Waals surface area contributed by atoms with Crippen LogP contribution >= 0.6 is 0 Å². The summed E-state index contributed by atoms with van der Waals surface area (Å²) >= 11 is 0. The fourth-order valence-electron chi connectivity index (χ4n) is 15.3. The Labute approximate surface area is 409 Å². The molecule has 0 unspecified atom stereocenters. The van der Waals surface area contributed by atoms with E-state index < -0.39 is 136 Å². The Morgan fingerprint density at radius 3 is 1.94 bits per heavy atom. The van der Waals surface area contributed by atoms with Crippen molar-refractivity contribution in [1.29, 1.82) is 0 Å². The first-order valence-electron chi connectivity index (χ1n) is 26.2. The highest BCUT2D eigenvalue weighted by molar-refractivity contribution is 5.27. The third-order valence-electron chi connectivity index (χ3n) is 19.6. The fraction of sp³-hybridized carbons (Fsp3) is 0.960. The maximum absolute atomic E-state index is 11.3. The largest absolute Gasteiger partial charge is 0.394 e. The number of hydrogen-bond acceptors (Lipinski definition) is 20. The molecule has 6 aliphatic heterocycles. The summed E-state index contributed by atoms with van der Waals surface area (Å²) in [6.45, 7) is 12.5. The van der Waals surface area contributed by atoms with Gasteiger partial charge < -0.3 is 93.7 Å². The molecule has 10 rings (SSSR count). The van der Waals surface area contributed by atoms with Crippen LogP contribution in [0.4, 0.5) is 0 Å². The summed E-state index contributed by atoms with van der Waals surface area (Å²) in [5.41, 5.74) is 1.19. The second kappa shape index (κ2) is 19.8. The number of rotatable bonds is 9. The molecule has 20 nitrogen and oxygen atoms in total. The lowest BCUT2D eigenvalue weighted by atomic mass is 9.47. The van der Waals surface area contributed by atoms with Gasteiger partial charge in [-0.1, -0.05) is 39.3 Å². The molecule has 6 saturated heterocycles. The lowest BCUT2D eigenvalue weighted by Crippen LogP contribution is -2.68. The first-order chi connectivity index (χ1) is 33.2. The molecule has 0 bridgehead atoms. The van der Waals surface area contributed by atoms with Gasteiger partial charge in [0.2, 0.25) is 0 Å². The predicted molar refractivity (Wildman–Crippen MR) is 241 cm³/mol. The molecule has 6 heterocycles. The van der Waals surface area contributed by atoms with Crippen LogP contribution in [0.3, 0.4) is 0 Å². The van der Waals surface area contributed by atoms with Crippen molar-refractivity contribution < 1.29 is 93.7 Å². The zero-order valence-corrected chi connectivity index (χ0v) is 41.3. The summed E-state index contributed by atoms with van der Waals surface area (Å²) in [5.74, 6) is 3.16. The summed E-state index contributed by atoms with van der Waals surface area (Å²) in [6, 6.07) is 0. The van der Waals surface area contributed by atoms with E-state index in [2.05, 4.69) is 39.1 Å². The van der Waals surface area contributed by atoms with Gasteiger partial charge in [-0.15, -0.1) is 0 Å². The third kappa shape index (κ3) is 8.79. The molecule has 0 radical (unpaired) electrons. The summed E-state index contributed by atoms with van der Waals surface area (Å²) < 4.78 is 57.2. The van der Waals surface area contributed by atoms with E-state index in [9.17, 15) is 51.1 Å². The normalized spacial score (nSPS) is 58.0. The average molecular weight is 1000 g/mol. The number of aliphatic hydroxyl groups is 10. The van der Waals surface area contributed by atoms with Gasteiger partial charge >= 0.3 is 0 Å². The number of piperidine rings is 1. The van der Waals surface area contributed by atoms with Gasteiger partial charge in [0.1, 0.15) is 85.1 Å². The van der Waals surface area contributed by atoms with Crippen LogP contribution in [0, 0.1) is 46.3 Å². The highest BCUT2D eigenvalue weighted by Crippen LogP contribution is 2.70. The zero-order valence-electron chi connectivity index (χ0n) is 41.3. The molecule has 0 aromatic rings. The number of aliphatic hydroxyl groups excluding tert-OH is 10. The van der Waals surface area contributed by atoms with Crippen molar-refractivity contribution in [3.63, 3.8) is 0 Å². The van der Waals surface area contributed by atoms with Crippen molar-refractivity contribution in [3.8, 4) is 0 Å². The molecule has 9 fully saturated rings. The van der Waals surface area contributed by atoms with Crippen molar-refractivity contribution in [2.45, 2.75) is 234 Å². The van der Waals surface area contributed by atoms with E-state index in [1.807, 2.05) is 0 Å². The quantitative estimate of drug-likeness (QED) is 0.127. The van der Waals surface area contributed by atoms with Gasteiger partial charge in [-0.3, -0.25) is 5.32 Å². The Hall–Kier alpha value is -1.06. The van der Waals surface area contributed by atoms with E-state index in [0.717, 1.165) is 45.1 Å². The standard InChI is InChI=1S/C50H81NO19/c1-20-9-14-50(51-17-20)21(2)32-30(70-50)16-28-26-8-7-24-15-25(10-12-48(24,5)27(26)11-13-49(28,32)6)65-47-43(69-46-40(61)37(58)34(55)23(4)64-46)42(68-44-38(59)35(56)29(53)19-62-44)41(31(18-52)66-47)67-45-39(60)36(57)33(54)22(3)63-45/h7,20-23,25-47,51-61H,8-19H2,1-6H3/t20-,21+,22+,23+,25+,26-,27+,28+,29-,30+,31-,32+,33+,34+,35+,36-,37-,38-,39-,40-,41-,42+,43-,44+,45+,46+,47-,48+,49+,50-/m1/s1. The lowest BCUT2D eigenvalue weighted by Gasteiger charge is -2.59. The number of hydrogen-bond donors (Lipinski definition) is 11. The van der Waals surface area contributed by atoms with Crippen molar-refractivity contribution in [1.82, 2.24) is 5.32 Å². The summed E-state index contributed by atoms with van der Waals surface area (Å²) in [7, 11) is 0. The lowest BCUT2D eigenvalue weighted by molar-refractivity contribution is -0.407. The predicted octanol–water partition coefficient (Wildman–Crippen LogP) is -0.722. The van der Waals surface area contributed by atoms with Gasteiger partial charge in [-0.25, -0.2) is 0 Å². The maximum Gasteiger partial charge on any atom is 0.187 e. The van der Waals surface area contributed by atoms with Crippen LogP contribution in [0.1, 0.15) is 99.3 Å². The Morgan fingerprint density at radius 2 is 1.30 bits per heavy atom. The van der Waals surface area contributed by atoms with Gasteiger partial charge in [0.25, 0.3) is 0 Å². The monoisotopic (exact) mass is 1000 g/mol. The summed E-state index contributed by atoms with van der Waals surface area (Å²) in [4.78, 5) is 0. The van der Waals surface area contributed by atoms with Crippen LogP contribution in [0.2, 0.25) is 0 Å². The molecule has 400 valence electrons. The van der Waals surface area contributed by atoms with Crippen LogP contribution in [0.5, 0.6) is 0 Å².